The van der Waals surface area contributed by atoms with E-state index in [9.17, 15) is 4.79 Å². The molecule has 1 amide bonds. The molecule has 1 unspecified atom stereocenters. The zero-order valence-corrected chi connectivity index (χ0v) is 15.7. The van der Waals surface area contributed by atoms with Gasteiger partial charge in [-0.1, -0.05) is 12.1 Å². The van der Waals surface area contributed by atoms with Crippen molar-refractivity contribution in [3.63, 3.8) is 0 Å². The van der Waals surface area contributed by atoms with Crippen LogP contribution in [0.2, 0.25) is 0 Å². The van der Waals surface area contributed by atoms with E-state index in [-0.39, 0.29) is 11.8 Å². The number of nitrogens with zero attached hydrogens (tertiary/aromatic N) is 3. The number of imidazole rings is 1. The van der Waals surface area contributed by atoms with Crippen molar-refractivity contribution in [1.82, 2.24) is 19.9 Å². The van der Waals surface area contributed by atoms with Crippen LogP contribution in [0.15, 0.2) is 36.8 Å². The van der Waals surface area contributed by atoms with Crippen LogP contribution in [0.3, 0.4) is 0 Å². The predicted octanol–water partition coefficient (Wildman–Crippen LogP) is 2.76. The van der Waals surface area contributed by atoms with E-state index in [1.165, 1.54) is 12.8 Å². The number of hydrogen-bond donors (Lipinski definition) is 1. The fraction of sp³-hybridized carbons (Fsp3) is 0.381. The molecular weight excluding hydrogens is 356 g/mol. The van der Waals surface area contributed by atoms with Gasteiger partial charge < -0.3 is 19.4 Å². The molecule has 7 heteroatoms. The van der Waals surface area contributed by atoms with Gasteiger partial charge in [0, 0.05) is 24.7 Å². The summed E-state index contributed by atoms with van der Waals surface area (Å²) in [6.07, 6.45) is 6.65. The summed E-state index contributed by atoms with van der Waals surface area (Å²) < 4.78 is 13.3. The molecule has 1 aliphatic heterocycles. The fourth-order valence-electron chi connectivity index (χ4n) is 3.75. The predicted molar refractivity (Wildman–Crippen MR) is 104 cm³/mol. The van der Waals surface area contributed by atoms with Crippen molar-refractivity contribution in [1.29, 1.82) is 0 Å². The van der Waals surface area contributed by atoms with Gasteiger partial charge in [-0.2, -0.15) is 0 Å². The monoisotopic (exact) mass is 378 g/mol. The smallest absolute Gasteiger partial charge is 0.252 e. The summed E-state index contributed by atoms with van der Waals surface area (Å²) in [5.74, 6) is 1.65. The number of para-hydroxylation sites is 1. The standard InChI is InChI=1S/C21H22N4O3/c1-27-18-4-2-3-14-7-13(11-28-19(14)18)9-23-21(26)15-8-17-20(22-10-15)25(12-24-17)16-5-6-16/h2-4,8,10,12-13,16H,5-7,9,11H2,1H3,(H,23,26). The maximum atomic E-state index is 12.6. The minimum Gasteiger partial charge on any atom is -0.493 e. The van der Waals surface area contributed by atoms with Crippen molar-refractivity contribution in [3.05, 3.63) is 47.9 Å². The maximum Gasteiger partial charge on any atom is 0.252 e. The third-order valence-corrected chi connectivity index (χ3v) is 5.42. The van der Waals surface area contributed by atoms with Gasteiger partial charge in [-0.25, -0.2) is 9.97 Å². The van der Waals surface area contributed by atoms with E-state index in [1.807, 2.05) is 30.6 Å². The first kappa shape index (κ1) is 17.0. The quantitative estimate of drug-likeness (QED) is 0.739. The first-order valence-electron chi connectivity index (χ1n) is 9.62. The van der Waals surface area contributed by atoms with Crippen molar-refractivity contribution < 1.29 is 14.3 Å². The normalized spacial score (nSPS) is 18.4. The number of aromatic nitrogens is 3. The number of fused-ring (bicyclic) bond motifs is 2. The van der Waals surface area contributed by atoms with Crippen LogP contribution in [0.25, 0.3) is 11.2 Å². The van der Waals surface area contributed by atoms with Gasteiger partial charge in [-0.3, -0.25) is 4.79 Å². The molecule has 5 rings (SSSR count). The van der Waals surface area contributed by atoms with E-state index in [2.05, 4.69) is 19.9 Å². The van der Waals surface area contributed by atoms with Gasteiger partial charge in [0.1, 0.15) is 5.52 Å². The van der Waals surface area contributed by atoms with Gasteiger partial charge in [-0.15, -0.1) is 0 Å². The molecule has 28 heavy (non-hydrogen) atoms. The van der Waals surface area contributed by atoms with E-state index >= 15 is 0 Å². The number of benzene rings is 1. The second-order valence-electron chi connectivity index (χ2n) is 7.49. The Morgan fingerprint density at radius 2 is 2.25 bits per heavy atom. The molecule has 3 heterocycles. The Morgan fingerprint density at radius 1 is 1.36 bits per heavy atom. The largest absolute Gasteiger partial charge is 0.493 e. The van der Waals surface area contributed by atoms with E-state index < -0.39 is 0 Å². The lowest BCUT2D eigenvalue weighted by atomic mass is 9.96. The number of hydrogen-bond acceptors (Lipinski definition) is 5. The molecule has 3 aromatic rings. The second kappa shape index (κ2) is 6.82. The zero-order chi connectivity index (χ0) is 19.1. The summed E-state index contributed by atoms with van der Waals surface area (Å²) in [5, 5.41) is 3.01. The van der Waals surface area contributed by atoms with Crippen molar-refractivity contribution >= 4 is 17.1 Å². The van der Waals surface area contributed by atoms with E-state index in [0.29, 0.717) is 24.8 Å². The number of amides is 1. The number of carbonyl (C=O) groups excluding carboxylic acids is 1. The molecule has 1 atom stereocenters. The molecule has 1 aromatic carbocycles. The zero-order valence-electron chi connectivity index (χ0n) is 15.7. The highest BCUT2D eigenvalue weighted by atomic mass is 16.5. The lowest BCUT2D eigenvalue weighted by Gasteiger charge is -2.26. The summed E-state index contributed by atoms with van der Waals surface area (Å²) in [6.45, 7) is 1.10. The number of carbonyl (C=O) groups is 1. The third-order valence-electron chi connectivity index (χ3n) is 5.42. The van der Waals surface area contributed by atoms with E-state index in [1.54, 1.807) is 13.3 Å². The number of pyridine rings is 1. The lowest BCUT2D eigenvalue weighted by Crippen LogP contribution is -2.34. The first-order valence-corrected chi connectivity index (χ1v) is 9.62. The van der Waals surface area contributed by atoms with Crippen molar-refractivity contribution in [2.24, 2.45) is 5.92 Å². The van der Waals surface area contributed by atoms with Crippen LogP contribution in [0.5, 0.6) is 11.5 Å². The van der Waals surface area contributed by atoms with Crippen LogP contribution in [-0.2, 0) is 6.42 Å². The molecule has 2 aromatic heterocycles. The van der Waals surface area contributed by atoms with Crippen LogP contribution >= 0.6 is 0 Å². The average molecular weight is 378 g/mol. The summed E-state index contributed by atoms with van der Waals surface area (Å²) >= 11 is 0. The molecule has 0 spiro atoms. The van der Waals surface area contributed by atoms with Crippen LogP contribution in [-0.4, -0.2) is 40.7 Å². The Morgan fingerprint density at radius 3 is 3.07 bits per heavy atom. The van der Waals surface area contributed by atoms with Crippen molar-refractivity contribution in [3.8, 4) is 11.5 Å². The lowest BCUT2D eigenvalue weighted by molar-refractivity contribution is 0.0938. The fourth-order valence-corrected chi connectivity index (χ4v) is 3.75. The highest BCUT2D eigenvalue weighted by molar-refractivity contribution is 5.96. The molecule has 1 N–H and O–H groups in total. The van der Waals surface area contributed by atoms with Crippen molar-refractivity contribution in [2.45, 2.75) is 25.3 Å². The Bertz CT molecular complexity index is 1040. The molecule has 1 saturated carbocycles. The molecular formula is C21H22N4O3. The summed E-state index contributed by atoms with van der Waals surface area (Å²) in [5.41, 5.74) is 3.26. The minimum absolute atomic E-state index is 0.133. The van der Waals surface area contributed by atoms with Gasteiger partial charge in [-0.05, 0) is 37.0 Å². The molecule has 2 aliphatic rings. The summed E-state index contributed by atoms with van der Waals surface area (Å²) in [4.78, 5) is 21.5. The molecule has 1 aliphatic carbocycles. The van der Waals surface area contributed by atoms with Gasteiger partial charge in [0.05, 0.1) is 25.6 Å². The van der Waals surface area contributed by atoms with E-state index in [0.717, 1.165) is 34.6 Å². The van der Waals surface area contributed by atoms with Crippen LogP contribution in [0.4, 0.5) is 0 Å². The summed E-state index contributed by atoms with van der Waals surface area (Å²) in [7, 11) is 1.64. The van der Waals surface area contributed by atoms with Gasteiger partial charge >= 0.3 is 0 Å². The van der Waals surface area contributed by atoms with E-state index in [4.69, 9.17) is 9.47 Å². The number of methoxy groups -OCH3 is 1. The maximum absolute atomic E-state index is 12.6. The Hall–Kier alpha value is -3.09. The average Bonchev–Trinajstić information content (AvgIpc) is 3.49. The molecule has 144 valence electrons. The second-order valence-corrected chi connectivity index (χ2v) is 7.49. The summed E-state index contributed by atoms with van der Waals surface area (Å²) in [6, 6.07) is 8.23. The van der Waals surface area contributed by atoms with Crippen LogP contribution < -0.4 is 14.8 Å². The van der Waals surface area contributed by atoms with Crippen LogP contribution in [0.1, 0.15) is 34.8 Å². The number of rotatable bonds is 5. The number of nitrogens with one attached hydrogen (secondary N) is 1. The molecule has 7 nitrogen and oxygen atoms in total. The van der Waals surface area contributed by atoms with Crippen LogP contribution in [0, 0.1) is 5.92 Å². The minimum atomic E-state index is -0.133. The topological polar surface area (TPSA) is 78.3 Å². The third kappa shape index (κ3) is 3.06. The molecule has 1 fully saturated rings. The molecule has 0 saturated heterocycles. The molecule has 0 radical (unpaired) electrons. The van der Waals surface area contributed by atoms with Gasteiger partial charge in [0.25, 0.3) is 5.91 Å². The van der Waals surface area contributed by atoms with Gasteiger partial charge in [0.15, 0.2) is 17.1 Å². The Balaban J connectivity index is 1.24. The first-order chi connectivity index (χ1) is 13.7. The highest BCUT2D eigenvalue weighted by Crippen LogP contribution is 2.37. The van der Waals surface area contributed by atoms with Gasteiger partial charge in [0.2, 0.25) is 0 Å². The number of ether oxygens (including phenoxy) is 2. The SMILES string of the molecule is COc1cccc2c1OCC(CNC(=O)c1cnc3c(c1)ncn3C1CC1)C2. The molecule has 0 bridgehead atoms. The van der Waals surface area contributed by atoms with Crippen molar-refractivity contribution in [2.75, 3.05) is 20.3 Å². The Labute approximate surface area is 162 Å². The highest BCUT2D eigenvalue weighted by Gasteiger charge is 2.26. The Kier molecular flexibility index (Phi) is 4.15.